The zero-order chi connectivity index (χ0) is 17.6. The van der Waals surface area contributed by atoms with Gasteiger partial charge in [-0.1, -0.05) is 12.1 Å². The van der Waals surface area contributed by atoms with E-state index in [2.05, 4.69) is 34.4 Å². The predicted octanol–water partition coefficient (Wildman–Crippen LogP) is 1.91. The molecule has 0 spiro atoms. The molecule has 1 fully saturated rings. The highest BCUT2D eigenvalue weighted by Crippen LogP contribution is 2.15. The molecule has 134 valence electrons. The maximum Gasteiger partial charge on any atom is 0.191 e. The summed E-state index contributed by atoms with van der Waals surface area (Å²) < 4.78 is 19.0. The van der Waals surface area contributed by atoms with Gasteiger partial charge in [0.05, 0.1) is 13.2 Å². The summed E-state index contributed by atoms with van der Waals surface area (Å²) in [7, 11) is 1.74. The maximum atomic E-state index is 13.6. The topological polar surface area (TPSA) is 48.9 Å². The van der Waals surface area contributed by atoms with Crippen LogP contribution >= 0.6 is 0 Å². The van der Waals surface area contributed by atoms with Gasteiger partial charge in [0.15, 0.2) is 5.96 Å². The number of aliphatic imine (C=N–C) groups is 1. The Morgan fingerprint density at radius 2 is 2.00 bits per heavy atom. The normalized spacial score (nSPS) is 17.0. The molecule has 0 atom stereocenters. The first kappa shape index (κ1) is 18.7. The minimum atomic E-state index is -0.175. The van der Waals surface area contributed by atoms with Gasteiger partial charge in [0.2, 0.25) is 0 Å². The molecule has 0 unspecified atom stereocenters. The van der Waals surface area contributed by atoms with E-state index >= 15 is 0 Å². The number of halogens is 1. The summed E-state index contributed by atoms with van der Waals surface area (Å²) in [6, 6.07) is 5.29. The molecule has 0 saturated carbocycles. The molecule has 1 aliphatic heterocycles. The van der Waals surface area contributed by atoms with Crippen LogP contribution in [-0.2, 0) is 11.3 Å². The summed E-state index contributed by atoms with van der Waals surface area (Å²) in [5.74, 6) is 0.544. The first-order chi connectivity index (χ1) is 11.4. The Labute approximate surface area is 144 Å². The minimum Gasteiger partial charge on any atom is -0.379 e. The molecule has 1 heterocycles. The van der Waals surface area contributed by atoms with Crippen LogP contribution in [-0.4, -0.2) is 56.3 Å². The van der Waals surface area contributed by atoms with Crippen molar-refractivity contribution in [3.63, 3.8) is 0 Å². The van der Waals surface area contributed by atoms with Crippen LogP contribution in [0.4, 0.5) is 4.39 Å². The van der Waals surface area contributed by atoms with Gasteiger partial charge in [-0.25, -0.2) is 4.39 Å². The second kappa shape index (κ2) is 8.44. The second-order valence-electron chi connectivity index (χ2n) is 6.77. The number of benzene rings is 1. The number of nitrogens with one attached hydrogen (secondary N) is 2. The van der Waals surface area contributed by atoms with Gasteiger partial charge >= 0.3 is 0 Å². The molecular weight excluding hydrogens is 307 g/mol. The number of nitrogens with zero attached hydrogens (tertiary/aromatic N) is 2. The summed E-state index contributed by atoms with van der Waals surface area (Å²) in [4.78, 5) is 6.67. The van der Waals surface area contributed by atoms with Crippen LogP contribution in [0.25, 0.3) is 0 Å². The third kappa shape index (κ3) is 5.18. The summed E-state index contributed by atoms with van der Waals surface area (Å²) >= 11 is 0. The highest BCUT2D eigenvalue weighted by molar-refractivity contribution is 5.79. The van der Waals surface area contributed by atoms with E-state index in [4.69, 9.17) is 4.74 Å². The van der Waals surface area contributed by atoms with Crippen LogP contribution in [0.2, 0.25) is 0 Å². The van der Waals surface area contributed by atoms with Gasteiger partial charge in [-0.2, -0.15) is 0 Å². The third-order valence-corrected chi connectivity index (χ3v) is 4.48. The number of ether oxygens (including phenoxy) is 1. The molecule has 0 aliphatic carbocycles. The number of rotatable bonds is 5. The third-order valence-electron chi connectivity index (χ3n) is 4.48. The van der Waals surface area contributed by atoms with Crippen LogP contribution in [0.1, 0.15) is 25.0 Å². The average Bonchev–Trinajstić information content (AvgIpc) is 2.59. The second-order valence-corrected chi connectivity index (χ2v) is 6.77. The lowest BCUT2D eigenvalue weighted by atomic mass is 10.0. The Bertz CT molecular complexity index is 568. The van der Waals surface area contributed by atoms with E-state index in [-0.39, 0.29) is 11.4 Å². The molecule has 1 aromatic carbocycles. The van der Waals surface area contributed by atoms with Crippen LogP contribution in [0.5, 0.6) is 0 Å². The molecule has 0 amide bonds. The van der Waals surface area contributed by atoms with Crippen molar-refractivity contribution in [1.29, 1.82) is 0 Å². The van der Waals surface area contributed by atoms with Crippen molar-refractivity contribution in [1.82, 2.24) is 15.5 Å². The van der Waals surface area contributed by atoms with E-state index in [1.54, 1.807) is 26.1 Å². The molecule has 1 aromatic rings. The van der Waals surface area contributed by atoms with Crippen molar-refractivity contribution in [2.75, 3.05) is 39.9 Å². The largest absolute Gasteiger partial charge is 0.379 e. The molecule has 24 heavy (non-hydrogen) atoms. The molecule has 0 bridgehead atoms. The quantitative estimate of drug-likeness (QED) is 0.637. The lowest BCUT2D eigenvalue weighted by Gasteiger charge is -2.41. The minimum absolute atomic E-state index is 0.0113. The smallest absolute Gasteiger partial charge is 0.191 e. The van der Waals surface area contributed by atoms with Crippen molar-refractivity contribution in [3.05, 3.63) is 35.1 Å². The lowest BCUT2D eigenvalue weighted by Crippen LogP contribution is -2.56. The standard InChI is InChI=1S/C18H29FN4O/c1-14-5-6-15(11-16(14)19)12-21-17(20-4)22-13-18(2,3)23-7-9-24-10-8-23/h5-6,11H,7-10,12-13H2,1-4H3,(H2,20,21,22). The van der Waals surface area contributed by atoms with Crippen LogP contribution in [0.3, 0.4) is 0 Å². The zero-order valence-electron chi connectivity index (χ0n) is 15.2. The molecule has 1 saturated heterocycles. The van der Waals surface area contributed by atoms with Gasteiger partial charge in [0, 0.05) is 38.8 Å². The summed E-state index contributed by atoms with van der Waals surface area (Å²) in [5.41, 5.74) is 1.57. The van der Waals surface area contributed by atoms with Crippen molar-refractivity contribution in [2.24, 2.45) is 4.99 Å². The maximum absolute atomic E-state index is 13.6. The molecule has 5 nitrogen and oxygen atoms in total. The Hall–Kier alpha value is -1.66. The summed E-state index contributed by atoms with van der Waals surface area (Å²) in [6.45, 7) is 11.0. The fourth-order valence-corrected chi connectivity index (χ4v) is 2.73. The van der Waals surface area contributed by atoms with Crippen molar-refractivity contribution in [2.45, 2.75) is 32.9 Å². The van der Waals surface area contributed by atoms with Gasteiger partial charge in [0.25, 0.3) is 0 Å². The lowest BCUT2D eigenvalue weighted by molar-refractivity contribution is -0.00834. The highest BCUT2D eigenvalue weighted by Gasteiger charge is 2.28. The molecular formula is C18H29FN4O. The summed E-state index contributed by atoms with van der Waals surface area (Å²) in [6.07, 6.45) is 0. The Balaban J connectivity index is 1.84. The van der Waals surface area contributed by atoms with E-state index < -0.39 is 0 Å². The summed E-state index contributed by atoms with van der Waals surface area (Å²) in [5, 5.41) is 6.60. The Kier molecular flexibility index (Phi) is 6.57. The Morgan fingerprint density at radius 3 is 2.62 bits per heavy atom. The van der Waals surface area contributed by atoms with Gasteiger partial charge in [0.1, 0.15) is 5.82 Å². The fourth-order valence-electron chi connectivity index (χ4n) is 2.73. The van der Waals surface area contributed by atoms with Crippen molar-refractivity contribution < 1.29 is 9.13 Å². The van der Waals surface area contributed by atoms with E-state index in [1.807, 2.05) is 6.07 Å². The molecule has 6 heteroatoms. The number of morpholine rings is 1. The average molecular weight is 336 g/mol. The van der Waals surface area contributed by atoms with E-state index in [9.17, 15) is 4.39 Å². The van der Waals surface area contributed by atoms with Gasteiger partial charge in [-0.15, -0.1) is 0 Å². The first-order valence-electron chi connectivity index (χ1n) is 8.45. The van der Waals surface area contributed by atoms with Gasteiger partial charge < -0.3 is 15.4 Å². The number of hydrogen-bond acceptors (Lipinski definition) is 3. The van der Waals surface area contributed by atoms with Crippen LogP contribution < -0.4 is 10.6 Å². The zero-order valence-corrected chi connectivity index (χ0v) is 15.2. The van der Waals surface area contributed by atoms with E-state index in [0.29, 0.717) is 12.1 Å². The van der Waals surface area contributed by atoms with Crippen LogP contribution in [0, 0.1) is 12.7 Å². The number of guanidine groups is 1. The number of hydrogen-bond donors (Lipinski definition) is 2. The van der Waals surface area contributed by atoms with Crippen molar-refractivity contribution in [3.8, 4) is 0 Å². The number of aryl methyl sites for hydroxylation is 1. The van der Waals surface area contributed by atoms with Gasteiger partial charge in [-0.05, 0) is 38.0 Å². The molecule has 2 N–H and O–H groups in total. The fraction of sp³-hybridized carbons (Fsp3) is 0.611. The molecule has 0 radical (unpaired) electrons. The molecule has 0 aromatic heterocycles. The molecule has 1 aliphatic rings. The highest BCUT2D eigenvalue weighted by atomic mass is 19.1. The molecule has 2 rings (SSSR count). The Morgan fingerprint density at radius 1 is 1.29 bits per heavy atom. The monoisotopic (exact) mass is 336 g/mol. The SMILES string of the molecule is CN=C(NCc1ccc(C)c(F)c1)NCC(C)(C)N1CCOCC1. The van der Waals surface area contributed by atoms with E-state index in [0.717, 1.165) is 44.4 Å². The van der Waals surface area contributed by atoms with E-state index in [1.165, 1.54) is 0 Å². The first-order valence-corrected chi connectivity index (χ1v) is 8.45. The van der Waals surface area contributed by atoms with Gasteiger partial charge in [-0.3, -0.25) is 9.89 Å². The predicted molar refractivity (Wildman–Crippen MR) is 95.8 cm³/mol. The van der Waals surface area contributed by atoms with Crippen LogP contribution in [0.15, 0.2) is 23.2 Å². The van der Waals surface area contributed by atoms with Crippen molar-refractivity contribution >= 4 is 5.96 Å².